The molecule has 1 atom stereocenters. The minimum Gasteiger partial charge on any atom is -0.462 e. The summed E-state index contributed by atoms with van der Waals surface area (Å²) < 4.78 is 18.3. The molecule has 8 heteroatoms. The molecule has 3 aromatic rings. The number of hydrogen-bond acceptors (Lipinski definition) is 6. The van der Waals surface area contributed by atoms with Gasteiger partial charge in [0.2, 0.25) is 0 Å². The predicted molar refractivity (Wildman–Crippen MR) is 120 cm³/mol. The minimum atomic E-state index is -0.669. The van der Waals surface area contributed by atoms with Crippen molar-refractivity contribution in [3.63, 3.8) is 0 Å². The van der Waals surface area contributed by atoms with Gasteiger partial charge in [0.25, 0.3) is 5.91 Å². The number of nitrogens with one attached hydrogen (secondary N) is 1. The summed E-state index contributed by atoms with van der Waals surface area (Å²) >= 11 is 0. The molecular formula is C24H30N4O4. The molecule has 1 aliphatic heterocycles. The zero-order valence-electron chi connectivity index (χ0n) is 18.6. The number of ether oxygens (including phenoxy) is 2. The number of carbonyl (C=O) groups excluding carboxylic acids is 1. The zero-order chi connectivity index (χ0) is 22.3. The van der Waals surface area contributed by atoms with Crippen LogP contribution in [0.3, 0.4) is 0 Å². The Morgan fingerprint density at radius 3 is 2.59 bits per heavy atom. The van der Waals surface area contributed by atoms with Gasteiger partial charge in [-0.15, -0.1) is 0 Å². The quantitative estimate of drug-likeness (QED) is 0.548. The van der Waals surface area contributed by atoms with Crippen LogP contribution in [0.1, 0.15) is 42.1 Å². The summed E-state index contributed by atoms with van der Waals surface area (Å²) in [6, 6.07) is 15.5. The summed E-state index contributed by atoms with van der Waals surface area (Å²) in [5.41, 5.74) is 0.818. The topological polar surface area (TPSA) is 81.8 Å². The summed E-state index contributed by atoms with van der Waals surface area (Å²) in [6.45, 7) is 3.14. The van der Waals surface area contributed by atoms with E-state index in [0.29, 0.717) is 12.4 Å². The van der Waals surface area contributed by atoms with Crippen LogP contribution in [0.25, 0.3) is 0 Å². The molecule has 3 heterocycles. The van der Waals surface area contributed by atoms with Gasteiger partial charge in [-0.05, 0) is 30.5 Å². The SMILES string of the molecule is COCc1ccc(CN2CCC(n3nccc3NC(=O)C(OC)c3ccccc3)CC2)o1. The van der Waals surface area contributed by atoms with E-state index in [9.17, 15) is 4.79 Å². The number of nitrogens with zero attached hydrogens (tertiary/aromatic N) is 3. The average Bonchev–Trinajstić information content (AvgIpc) is 3.45. The summed E-state index contributed by atoms with van der Waals surface area (Å²) in [4.78, 5) is 15.3. The molecule has 0 spiro atoms. The summed E-state index contributed by atoms with van der Waals surface area (Å²) in [6.07, 6.45) is 2.95. The van der Waals surface area contributed by atoms with Crippen molar-refractivity contribution in [2.75, 3.05) is 32.6 Å². The van der Waals surface area contributed by atoms with Crippen molar-refractivity contribution in [3.05, 3.63) is 71.8 Å². The summed E-state index contributed by atoms with van der Waals surface area (Å²) in [5, 5.41) is 7.49. The van der Waals surface area contributed by atoms with Crippen LogP contribution in [0, 0.1) is 0 Å². The van der Waals surface area contributed by atoms with E-state index < -0.39 is 6.10 Å². The van der Waals surface area contributed by atoms with E-state index in [1.807, 2.05) is 53.2 Å². The highest BCUT2D eigenvalue weighted by molar-refractivity contribution is 5.94. The maximum Gasteiger partial charge on any atom is 0.259 e. The van der Waals surface area contributed by atoms with Crippen molar-refractivity contribution in [2.45, 2.75) is 38.1 Å². The molecule has 0 radical (unpaired) electrons. The van der Waals surface area contributed by atoms with Crippen molar-refractivity contribution in [2.24, 2.45) is 0 Å². The number of benzene rings is 1. The number of carbonyl (C=O) groups is 1. The lowest BCUT2D eigenvalue weighted by Crippen LogP contribution is -2.35. The lowest BCUT2D eigenvalue weighted by Gasteiger charge is -2.32. The third kappa shape index (κ3) is 5.27. The summed E-state index contributed by atoms with van der Waals surface area (Å²) in [5.74, 6) is 2.29. The van der Waals surface area contributed by atoms with E-state index in [1.165, 1.54) is 0 Å². The molecule has 8 nitrogen and oxygen atoms in total. The van der Waals surface area contributed by atoms with Gasteiger partial charge in [-0.3, -0.25) is 9.69 Å². The summed E-state index contributed by atoms with van der Waals surface area (Å²) in [7, 11) is 3.21. The van der Waals surface area contributed by atoms with E-state index in [0.717, 1.165) is 49.6 Å². The fourth-order valence-corrected chi connectivity index (χ4v) is 4.19. The van der Waals surface area contributed by atoms with Gasteiger partial charge in [0.15, 0.2) is 6.10 Å². The standard InChI is InChI=1S/C24H30N4O4/c1-30-17-21-9-8-20(32-21)16-27-14-11-19(12-15-27)28-22(10-13-25-28)26-24(29)23(31-2)18-6-4-3-5-7-18/h3-10,13,19,23H,11-12,14-17H2,1-2H3,(H,26,29). The highest BCUT2D eigenvalue weighted by Gasteiger charge is 2.26. The number of piperidine rings is 1. The Kier molecular flexibility index (Phi) is 7.36. The molecule has 170 valence electrons. The van der Waals surface area contributed by atoms with Crippen molar-refractivity contribution in [3.8, 4) is 0 Å². The number of rotatable bonds is 9. The second kappa shape index (κ2) is 10.6. The van der Waals surface area contributed by atoms with Crippen LogP contribution < -0.4 is 5.32 Å². The van der Waals surface area contributed by atoms with E-state index in [-0.39, 0.29) is 11.9 Å². The molecule has 1 unspecified atom stereocenters. The molecule has 1 amide bonds. The number of hydrogen-bond donors (Lipinski definition) is 1. The lowest BCUT2D eigenvalue weighted by atomic mass is 10.1. The Hall–Kier alpha value is -2.94. The number of amides is 1. The number of anilines is 1. The number of likely N-dealkylation sites (tertiary alicyclic amines) is 1. The Labute approximate surface area is 188 Å². The van der Waals surface area contributed by atoms with E-state index in [2.05, 4.69) is 15.3 Å². The van der Waals surface area contributed by atoms with Crippen molar-refractivity contribution >= 4 is 11.7 Å². The molecule has 32 heavy (non-hydrogen) atoms. The molecule has 1 aliphatic rings. The average molecular weight is 439 g/mol. The third-order valence-corrected chi connectivity index (χ3v) is 5.78. The first-order chi connectivity index (χ1) is 15.7. The predicted octanol–water partition coefficient (Wildman–Crippen LogP) is 3.79. The van der Waals surface area contributed by atoms with Crippen LogP contribution >= 0.6 is 0 Å². The molecule has 1 aromatic carbocycles. The van der Waals surface area contributed by atoms with E-state index >= 15 is 0 Å². The number of methoxy groups -OCH3 is 2. The van der Waals surface area contributed by atoms with Gasteiger partial charge in [-0.25, -0.2) is 4.68 Å². The number of furan rings is 1. The first kappa shape index (κ1) is 22.3. The molecule has 4 rings (SSSR count). The van der Waals surface area contributed by atoms with Crippen molar-refractivity contribution in [1.29, 1.82) is 0 Å². The lowest BCUT2D eigenvalue weighted by molar-refractivity contribution is -0.126. The van der Waals surface area contributed by atoms with Crippen LogP contribution in [0.4, 0.5) is 5.82 Å². The highest BCUT2D eigenvalue weighted by atomic mass is 16.5. The van der Waals surface area contributed by atoms with Gasteiger partial charge >= 0.3 is 0 Å². The fourth-order valence-electron chi connectivity index (χ4n) is 4.19. The van der Waals surface area contributed by atoms with Gasteiger partial charge < -0.3 is 19.2 Å². The fraction of sp³-hybridized carbons (Fsp3) is 0.417. The number of aromatic nitrogens is 2. The molecule has 0 saturated carbocycles. The van der Waals surface area contributed by atoms with Gasteiger partial charge in [-0.2, -0.15) is 5.10 Å². The van der Waals surface area contributed by atoms with E-state index in [1.54, 1.807) is 20.4 Å². The molecule has 2 aromatic heterocycles. The first-order valence-corrected chi connectivity index (χ1v) is 10.9. The first-order valence-electron chi connectivity index (χ1n) is 10.9. The van der Waals surface area contributed by atoms with Gasteiger partial charge in [-0.1, -0.05) is 30.3 Å². The molecule has 1 saturated heterocycles. The van der Waals surface area contributed by atoms with Crippen molar-refractivity contribution < 1.29 is 18.7 Å². The van der Waals surface area contributed by atoms with Gasteiger partial charge in [0, 0.05) is 33.4 Å². The normalized spacial score (nSPS) is 16.2. The molecule has 0 bridgehead atoms. The highest BCUT2D eigenvalue weighted by Crippen LogP contribution is 2.27. The Morgan fingerprint density at radius 1 is 1.12 bits per heavy atom. The minimum absolute atomic E-state index is 0.206. The van der Waals surface area contributed by atoms with E-state index in [4.69, 9.17) is 13.9 Å². The smallest absolute Gasteiger partial charge is 0.259 e. The monoisotopic (exact) mass is 438 g/mol. The van der Waals surface area contributed by atoms with Crippen LogP contribution in [0.15, 0.2) is 59.1 Å². The van der Waals surface area contributed by atoms with Crippen LogP contribution in [-0.2, 0) is 27.4 Å². The molecule has 1 fully saturated rings. The maximum absolute atomic E-state index is 12.9. The van der Waals surface area contributed by atoms with Crippen LogP contribution in [0.5, 0.6) is 0 Å². The van der Waals surface area contributed by atoms with Gasteiger partial charge in [0.1, 0.15) is 23.9 Å². The van der Waals surface area contributed by atoms with Gasteiger partial charge in [0.05, 0.1) is 18.8 Å². The Morgan fingerprint density at radius 2 is 1.88 bits per heavy atom. The van der Waals surface area contributed by atoms with Crippen LogP contribution in [0.2, 0.25) is 0 Å². The Bertz CT molecular complexity index is 992. The second-order valence-electron chi connectivity index (χ2n) is 7.99. The molecular weight excluding hydrogens is 408 g/mol. The second-order valence-corrected chi connectivity index (χ2v) is 7.99. The maximum atomic E-state index is 12.9. The zero-order valence-corrected chi connectivity index (χ0v) is 18.6. The largest absolute Gasteiger partial charge is 0.462 e. The molecule has 0 aliphatic carbocycles. The third-order valence-electron chi connectivity index (χ3n) is 5.78. The van der Waals surface area contributed by atoms with Crippen molar-refractivity contribution in [1.82, 2.24) is 14.7 Å². The molecule has 1 N–H and O–H groups in total. The Balaban J connectivity index is 1.34. The van der Waals surface area contributed by atoms with Crippen LogP contribution in [-0.4, -0.2) is 47.9 Å².